The Labute approximate surface area is 115 Å². The monoisotopic (exact) mass is 274 g/mol. The lowest BCUT2D eigenvalue weighted by Crippen LogP contribution is -2.30. The van der Waals surface area contributed by atoms with E-state index in [1.807, 2.05) is 19.1 Å². The van der Waals surface area contributed by atoms with Crippen molar-refractivity contribution in [3.63, 3.8) is 0 Å². The molecule has 1 amide bonds. The highest BCUT2D eigenvalue weighted by atomic mass is 32.2. The average Bonchev–Trinajstić information content (AvgIpc) is 2.46. The number of hydrogen-bond donors (Lipinski definition) is 2. The highest BCUT2D eigenvalue weighted by Crippen LogP contribution is 2.21. The summed E-state index contributed by atoms with van der Waals surface area (Å²) in [5.41, 5.74) is 4.64. The van der Waals surface area contributed by atoms with Gasteiger partial charge in [-0.1, -0.05) is 30.0 Å². The number of nitrogens with one attached hydrogen (secondary N) is 1. The van der Waals surface area contributed by atoms with Crippen molar-refractivity contribution in [3.05, 3.63) is 53.3 Å². The highest BCUT2D eigenvalue weighted by molar-refractivity contribution is 7.98. The molecular formula is C13H14N4OS. The molecule has 5 nitrogen and oxygen atoms in total. The summed E-state index contributed by atoms with van der Waals surface area (Å²) in [5.74, 6) is 5.49. The zero-order valence-corrected chi connectivity index (χ0v) is 11.3. The van der Waals surface area contributed by atoms with Gasteiger partial charge in [0.2, 0.25) is 0 Å². The highest BCUT2D eigenvalue weighted by Gasteiger charge is 2.10. The third-order valence-corrected chi connectivity index (χ3v) is 3.43. The molecule has 6 heteroatoms. The maximum absolute atomic E-state index is 11.6. The molecule has 1 heterocycles. The molecule has 2 rings (SSSR count). The summed E-state index contributed by atoms with van der Waals surface area (Å²) in [6.07, 6.45) is 3.54. The number of nitrogens with two attached hydrogens (primary N) is 1. The Morgan fingerprint density at radius 2 is 2.00 bits per heavy atom. The van der Waals surface area contributed by atoms with Crippen LogP contribution in [0.25, 0.3) is 0 Å². The minimum Gasteiger partial charge on any atom is -0.290 e. The van der Waals surface area contributed by atoms with Crippen molar-refractivity contribution in [3.8, 4) is 0 Å². The van der Waals surface area contributed by atoms with Crippen LogP contribution in [0.5, 0.6) is 0 Å². The Kier molecular flexibility index (Phi) is 4.48. The number of hydrazine groups is 1. The summed E-state index contributed by atoms with van der Waals surface area (Å²) < 4.78 is 0. The van der Waals surface area contributed by atoms with E-state index in [4.69, 9.17) is 5.84 Å². The number of thioether (sulfide) groups is 1. The molecule has 19 heavy (non-hydrogen) atoms. The van der Waals surface area contributed by atoms with E-state index in [1.165, 1.54) is 11.8 Å². The number of nitrogen functional groups attached to an aromatic ring is 1. The van der Waals surface area contributed by atoms with Crippen molar-refractivity contribution >= 4 is 17.7 Å². The predicted octanol–water partition coefficient (Wildman–Crippen LogP) is 1.68. The van der Waals surface area contributed by atoms with E-state index < -0.39 is 0 Å². The van der Waals surface area contributed by atoms with Gasteiger partial charge in [-0.25, -0.2) is 15.8 Å². The normalized spacial score (nSPS) is 10.2. The van der Waals surface area contributed by atoms with Crippen LogP contribution in [-0.4, -0.2) is 15.9 Å². The van der Waals surface area contributed by atoms with Gasteiger partial charge < -0.3 is 0 Å². The Morgan fingerprint density at radius 1 is 1.32 bits per heavy atom. The summed E-state index contributed by atoms with van der Waals surface area (Å²) in [6.45, 7) is 1.94. The van der Waals surface area contributed by atoms with Gasteiger partial charge in [0.05, 0.1) is 0 Å². The molecule has 0 saturated heterocycles. The van der Waals surface area contributed by atoms with Crippen LogP contribution in [0.3, 0.4) is 0 Å². The number of aryl methyl sites for hydroxylation is 1. The zero-order chi connectivity index (χ0) is 13.7. The molecule has 98 valence electrons. The Hall–Kier alpha value is -1.92. The van der Waals surface area contributed by atoms with Crippen LogP contribution < -0.4 is 11.3 Å². The Morgan fingerprint density at radius 3 is 2.68 bits per heavy atom. The lowest BCUT2D eigenvalue weighted by Gasteiger charge is -2.07. The maximum Gasteiger partial charge on any atom is 0.265 e. The van der Waals surface area contributed by atoms with E-state index in [9.17, 15) is 4.79 Å². The molecule has 1 aromatic carbocycles. The number of amides is 1. The molecule has 0 saturated carbocycles. The first kappa shape index (κ1) is 13.5. The number of carbonyl (C=O) groups excluding carboxylic acids is 1. The molecular weight excluding hydrogens is 260 g/mol. The van der Waals surface area contributed by atoms with Crippen molar-refractivity contribution in [2.24, 2.45) is 5.84 Å². The van der Waals surface area contributed by atoms with Crippen LogP contribution in [0.15, 0.2) is 41.8 Å². The van der Waals surface area contributed by atoms with Crippen LogP contribution in [-0.2, 0) is 5.75 Å². The minimum absolute atomic E-state index is 0.291. The first-order valence-corrected chi connectivity index (χ1v) is 6.69. The molecule has 0 unspecified atom stereocenters. The zero-order valence-electron chi connectivity index (χ0n) is 10.5. The van der Waals surface area contributed by atoms with E-state index >= 15 is 0 Å². The fraction of sp³-hybridized carbons (Fsp3) is 0.154. The van der Waals surface area contributed by atoms with Crippen LogP contribution in [0, 0.1) is 6.92 Å². The van der Waals surface area contributed by atoms with Crippen molar-refractivity contribution in [1.82, 2.24) is 15.4 Å². The van der Waals surface area contributed by atoms with Crippen molar-refractivity contribution in [1.29, 1.82) is 0 Å². The second-order valence-corrected chi connectivity index (χ2v) is 4.90. The van der Waals surface area contributed by atoms with Crippen LogP contribution >= 0.6 is 11.8 Å². The molecule has 0 fully saturated rings. The second kappa shape index (κ2) is 6.31. The SMILES string of the molecule is Cc1cnc(SCc2ccccc2C(=O)NN)nc1. The van der Waals surface area contributed by atoms with E-state index in [1.54, 1.807) is 24.5 Å². The standard InChI is InChI=1S/C13H14N4OS/c1-9-6-15-13(16-7-9)19-8-10-4-2-3-5-11(10)12(18)17-14/h2-7H,8,14H2,1H3,(H,17,18). The number of aromatic nitrogens is 2. The van der Waals surface area contributed by atoms with Gasteiger partial charge >= 0.3 is 0 Å². The van der Waals surface area contributed by atoms with E-state index in [0.29, 0.717) is 16.5 Å². The molecule has 0 radical (unpaired) electrons. The van der Waals surface area contributed by atoms with Crippen molar-refractivity contribution in [2.75, 3.05) is 0 Å². The molecule has 0 bridgehead atoms. The molecule has 0 spiro atoms. The summed E-state index contributed by atoms with van der Waals surface area (Å²) in [4.78, 5) is 20.0. The first-order valence-electron chi connectivity index (χ1n) is 5.71. The van der Waals surface area contributed by atoms with Gasteiger partial charge in [-0.3, -0.25) is 10.2 Å². The predicted molar refractivity (Wildman–Crippen MR) is 74.4 cm³/mol. The lowest BCUT2D eigenvalue weighted by molar-refractivity contribution is 0.0953. The number of rotatable bonds is 4. The topological polar surface area (TPSA) is 80.9 Å². The first-order chi connectivity index (χ1) is 9.20. The number of hydrogen-bond acceptors (Lipinski definition) is 5. The molecule has 0 aliphatic carbocycles. The smallest absolute Gasteiger partial charge is 0.265 e. The van der Waals surface area contributed by atoms with Crippen LogP contribution in [0.1, 0.15) is 21.5 Å². The van der Waals surface area contributed by atoms with Gasteiger partial charge in [0, 0.05) is 23.7 Å². The van der Waals surface area contributed by atoms with Crippen LogP contribution in [0.4, 0.5) is 0 Å². The molecule has 0 aliphatic rings. The molecule has 0 atom stereocenters. The number of nitrogens with zero attached hydrogens (tertiary/aromatic N) is 2. The molecule has 0 aliphatic heterocycles. The summed E-state index contributed by atoms with van der Waals surface area (Å²) >= 11 is 1.48. The van der Waals surface area contributed by atoms with E-state index in [0.717, 1.165) is 11.1 Å². The van der Waals surface area contributed by atoms with Gasteiger partial charge in [0.15, 0.2) is 5.16 Å². The molecule has 2 aromatic rings. The van der Waals surface area contributed by atoms with E-state index in [-0.39, 0.29) is 5.91 Å². The summed E-state index contributed by atoms with van der Waals surface area (Å²) in [6, 6.07) is 7.33. The van der Waals surface area contributed by atoms with Gasteiger partial charge in [-0.15, -0.1) is 0 Å². The minimum atomic E-state index is -0.291. The quantitative estimate of drug-likeness (QED) is 0.291. The largest absolute Gasteiger partial charge is 0.290 e. The van der Waals surface area contributed by atoms with Crippen molar-refractivity contribution < 1.29 is 4.79 Å². The van der Waals surface area contributed by atoms with Gasteiger partial charge in [0.1, 0.15) is 0 Å². The van der Waals surface area contributed by atoms with E-state index in [2.05, 4.69) is 15.4 Å². The van der Waals surface area contributed by atoms with Crippen LogP contribution in [0.2, 0.25) is 0 Å². The maximum atomic E-state index is 11.6. The van der Waals surface area contributed by atoms with Gasteiger partial charge in [-0.05, 0) is 24.1 Å². The number of carbonyl (C=O) groups is 1. The fourth-order valence-electron chi connectivity index (χ4n) is 1.54. The Bertz CT molecular complexity index is 571. The lowest BCUT2D eigenvalue weighted by atomic mass is 10.1. The number of benzene rings is 1. The van der Waals surface area contributed by atoms with Gasteiger partial charge in [0.25, 0.3) is 5.91 Å². The average molecular weight is 274 g/mol. The molecule has 1 aromatic heterocycles. The summed E-state index contributed by atoms with van der Waals surface area (Å²) in [7, 11) is 0. The third-order valence-electron chi connectivity index (χ3n) is 2.51. The Balaban J connectivity index is 2.11. The fourth-order valence-corrected chi connectivity index (χ4v) is 2.33. The molecule has 3 N–H and O–H groups in total. The second-order valence-electron chi connectivity index (χ2n) is 3.96. The van der Waals surface area contributed by atoms with Crippen molar-refractivity contribution in [2.45, 2.75) is 17.8 Å². The summed E-state index contributed by atoms with van der Waals surface area (Å²) in [5, 5.41) is 0.688. The third kappa shape index (κ3) is 3.52. The van der Waals surface area contributed by atoms with Gasteiger partial charge in [-0.2, -0.15) is 0 Å².